The highest BCUT2D eigenvalue weighted by Gasteiger charge is 2.27. The van der Waals surface area contributed by atoms with Gasteiger partial charge in [0.05, 0.1) is 11.2 Å². The summed E-state index contributed by atoms with van der Waals surface area (Å²) >= 11 is 5.62. The van der Waals surface area contributed by atoms with Crippen molar-refractivity contribution in [2.75, 3.05) is 5.32 Å². The van der Waals surface area contributed by atoms with Crippen LogP contribution in [0.1, 0.15) is 26.7 Å². The second-order valence-electron chi connectivity index (χ2n) is 4.25. The molecule has 18 heavy (non-hydrogen) atoms. The number of benzene rings is 1. The Hall–Kier alpha value is -0.840. The third-order valence-corrected chi connectivity index (χ3v) is 2.70. The van der Waals surface area contributed by atoms with Crippen LogP contribution < -0.4 is 11.1 Å². The van der Waals surface area contributed by atoms with E-state index in [2.05, 4.69) is 5.32 Å². The van der Waals surface area contributed by atoms with E-state index in [1.807, 2.05) is 6.92 Å². The van der Waals surface area contributed by atoms with Crippen LogP contribution in [0, 0.1) is 5.82 Å². The third-order valence-electron chi connectivity index (χ3n) is 2.47. The third kappa shape index (κ3) is 4.44. The fraction of sp³-hybridized carbons (Fsp3) is 0.417. The fourth-order valence-electron chi connectivity index (χ4n) is 1.49. The molecule has 0 heterocycles. The van der Waals surface area contributed by atoms with Crippen LogP contribution in [0.5, 0.6) is 0 Å². The van der Waals surface area contributed by atoms with Crippen LogP contribution >= 0.6 is 24.0 Å². The van der Waals surface area contributed by atoms with E-state index >= 15 is 0 Å². The number of carbonyl (C=O) groups is 1. The average molecular weight is 295 g/mol. The van der Waals surface area contributed by atoms with Crippen molar-refractivity contribution in [3.8, 4) is 0 Å². The lowest BCUT2D eigenvalue weighted by Gasteiger charge is -2.22. The topological polar surface area (TPSA) is 55.1 Å². The molecule has 0 aromatic heterocycles. The van der Waals surface area contributed by atoms with E-state index in [1.54, 1.807) is 6.92 Å². The van der Waals surface area contributed by atoms with Crippen molar-refractivity contribution in [1.82, 2.24) is 0 Å². The average Bonchev–Trinajstić information content (AvgIpc) is 2.22. The molecule has 1 rings (SSSR count). The molecule has 0 radical (unpaired) electrons. The summed E-state index contributed by atoms with van der Waals surface area (Å²) in [6, 6.07) is 4.07. The number of carbonyl (C=O) groups excluding carboxylic acids is 1. The van der Waals surface area contributed by atoms with Gasteiger partial charge in [-0.1, -0.05) is 24.9 Å². The Morgan fingerprint density at radius 3 is 2.67 bits per heavy atom. The standard InChI is InChI=1S/C12H16ClFN2O.ClH/c1-3-6-12(2,15)11(17)16-10-5-4-8(13)7-9(10)14;/h4-5,7H,3,6,15H2,1-2H3,(H,16,17);1H. The molecule has 0 aliphatic heterocycles. The first-order valence-electron chi connectivity index (χ1n) is 5.42. The minimum atomic E-state index is -0.999. The molecule has 0 fully saturated rings. The van der Waals surface area contributed by atoms with Crippen LogP contribution in [0.3, 0.4) is 0 Å². The maximum absolute atomic E-state index is 13.4. The van der Waals surface area contributed by atoms with Gasteiger partial charge in [-0.25, -0.2) is 4.39 Å². The molecule has 0 saturated carbocycles. The predicted octanol–water partition coefficient (Wildman–Crippen LogP) is 3.36. The van der Waals surface area contributed by atoms with E-state index in [1.165, 1.54) is 12.1 Å². The quantitative estimate of drug-likeness (QED) is 0.895. The van der Waals surface area contributed by atoms with Crippen LogP contribution in [-0.4, -0.2) is 11.4 Å². The Bertz CT molecular complexity index is 425. The van der Waals surface area contributed by atoms with Gasteiger partial charge < -0.3 is 11.1 Å². The molecular weight excluding hydrogens is 278 g/mol. The summed E-state index contributed by atoms with van der Waals surface area (Å²) in [7, 11) is 0. The van der Waals surface area contributed by atoms with Crippen LogP contribution in [0.2, 0.25) is 5.02 Å². The molecule has 1 amide bonds. The van der Waals surface area contributed by atoms with Crippen LogP contribution in [0.15, 0.2) is 18.2 Å². The van der Waals surface area contributed by atoms with Crippen LogP contribution in [-0.2, 0) is 4.79 Å². The summed E-state index contributed by atoms with van der Waals surface area (Å²) in [5.74, 6) is -0.973. The van der Waals surface area contributed by atoms with E-state index in [0.717, 1.165) is 12.5 Å². The SMILES string of the molecule is CCCC(C)(N)C(=O)Nc1ccc(Cl)cc1F.Cl. The number of amides is 1. The Morgan fingerprint density at radius 1 is 1.56 bits per heavy atom. The molecule has 1 aromatic carbocycles. The highest BCUT2D eigenvalue weighted by atomic mass is 35.5. The van der Waals surface area contributed by atoms with Crippen molar-refractivity contribution < 1.29 is 9.18 Å². The van der Waals surface area contributed by atoms with Crippen molar-refractivity contribution >= 4 is 35.6 Å². The van der Waals surface area contributed by atoms with Gasteiger partial charge in [-0.05, 0) is 31.5 Å². The van der Waals surface area contributed by atoms with Crippen LogP contribution in [0.25, 0.3) is 0 Å². The summed E-state index contributed by atoms with van der Waals surface area (Å²) in [5.41, 5.74) is 4.93. The number of nitrogens with one attached hydrogen (secondary N) is 1. The van der Waals surface area contributed by atoms with E-state index in [9.17, 15) is 9.18 Å². The summed E-state index contributed by atoms with van der Waals surface area (Å²) in [6.45, 7) is 3.56. The zero-order valence-electron chi connectivity index (χ0n) is 10.3. The Balaban J connectivity index is 0.00000289. The first-order valence-corrected chi connectivity index (χ1v) is 5.80. The molecule has 1 aromatic rings. The molecule has 0 spiro atoms. The molecule has 1 atom stereocenters. The molecule has 102 valence electrons. The van der Waals surface area contributed by atoms with Gasteiger partial charge in [0, 0.05) is 5.02 Å². The van der Waals surface area contributed by atoms with Crippen LogP contribution in [0.4, 0.5) is 10.1 Å². The molecule has 6 heteroatoms. The van der Waals surface area contributed by atoms with Gasteiger partial charge in [-0.3, -0.25) is 4.79 Å². The van der Waals surface area contributed by atoms with Gasteiger partial charge in [0.2, 0.25) is 5.91 Å². The van der Waals surface area contributed by atoms with Crippen molar-refractivity contribution in [1.29, 1.82) is 0 Å². The molecular formula is C12H17Cl2FN2O. The minimum Gasteiger partial charge on any atom is -0.322 e. The monoisotopic (exact) mass is 294 g/mol. The second kappa shape index (κ2) is 6.92. The van der Waals surface area contributed by atoms with Crippen molar-refractivity contribution in [2.45, 2.75) is 32.2 Å². The van der Waals surface area contributed by atoms with Gasteiger partial charge in [0.25, 0.3) is 0 Å². The highest BCUT2D eigenvalue weighted by molar-refractivity contribution is 6.30. The number of rotatable bonds is 4. The molecule has 3 nitrogen and oxygen atoms in total. The summed E-state index contributed by atoms with van der Waals surface area (Å²) in [4.78, 5) is 11.8. The molecule has 0 aliphatic rings. The largest absolute Gasteiger partial charge is 0.322 e. The van der Waals surface area contributed by atoms with E-state index in [-0.39, 0.29) is 23.1 Å². The Kier molecular flexibility index (Phi) is 6.60. The second-order valence-corrected chi connectivity index (χ2v) is 4.68. The smallest absolute Gasteiger partial charge is 0.244 e. The molecule has 0 aliphatic carbocycles. The maximum atomic E-state index is 13.4. The van der Waals surface area contributed by atoms with Crippen molar-refractivity contribution in [3.63, 3.8) is 0 Å². The van der Waals surface area contributed by atoms with Gasteiger partial charge >= 0.3 is 0 Å². The number of nitrogens with two attached hydrogens (primary N) is 1. The zero-order chi connectivity index (χ0) is 13.1. The summed E-state index contributed by atoms with van der Waals surface area (Å²) in [6.07, 6.45) is 1.32. The number of anilines is 1. The lowest BCUT2D eigenvalue weighted by Crippen LogP contribution is -2.48. The molecule has 0 bridgehead atoms. The van der Waals surface area contributed by atoms with Gasteiger partial charge in [-0.2, -0.15) is 0 Å². The van der Waals surface area contributed by atoms with Gasteiger partial charge in [-0.15, -0.1) is 12.4 Å². The van der Waals surface area contributed by atoms with E-state index < -0.39 is 17.3 Å². The highest BCUT2D eigenvalue weighted by Crippen LogP contribution is 2.20. The minimum absolute atomic E-state index is 0. The summed E-state index contributed by atoms with van der Waals surface area (Å²) in [5, 5.41) is 2.75. The Morgan fingerprint density at radius 2 is 2.17 bits per heavy atom. The van der Waals surface area contributed by atoms with Crippen molar-refractivity contribution in [2.24, 2.45) is 5.73 Å². The van der Waals surface area contributed by atoms with Gasteiger partial charge in [0.1, 0.15) is 5.82 Å². The maximum Gasteiger partial charge on any atom is 0.244 e. The lowest BCUT2D eigenvalue weighted by atomic mass is 9.96. The lowest BCUT2D eigenvalue weighted by molar-refractivity contribution is -0.120. The van der Waals surface area contributed by atoms with Gasteiger partial charge in [0.15, 0.2) is 0 Å². The van der Waals surface area contributed by atoms with E-state index in [0.29, 0.717) is 6.42 Å². The zero-order valence-corrected chi connectivity index (χ0v) is 11.9. The number of halogens is 3. The first-order chi connectivity index (χ1) is 7.86. The molecule has 3 N–H and O–H groups in total. The number of hydrogen-bond acceptors (Lipinski definition) is 2. The Labute approximate surface area is 117 Å². The normalized spacial score (nSPS) is 13.4. The number of hydrogen-bond donors (Lipinski definition) is 2. The van der Waals surface area contributed by atoms with E-state index in [4.69, 9.17) is 17.3 Å². The predicted molar refractivity (Wildman–Crippen MR) is 74.8 cm³/mol. The molecule has 0 saturated heterocycles. The molecule has 1 unspecified atom stereocenters. The summed E-state index contributed by atoms with van der Waals surface area (Å²) < 4.78 is 13.4. The first kappa shape index (κ1) is 17.2. The fourth-order valence-corrected chi connectivity index (χ4v) is 1.65. The van der Waals surface area contributed by atoms with Crippen molar-refractivity contribution in [3.05, 3.63) is 29.0 Å².